The van der Waals surface area contributed by atoms with Gasteiger partial charge in [0.1, 0.15) is 0 Å². The lowest BCUT2D eigenvalue weighted by Gasteiger charge is -2.33. The fraction of sp³-hybridized carbons (Fsp3) is 0.588. The third-order valence-corrected chi connectivity index (χ3v) is 4.34. The highest BCUT2D eigenvalue weighted by molar-refractivity contribution is 5.94. The van der Waals surface area contributed by atoms with Crippen LogP contribution in [0.25, 0.3) is 0 Å². The van der Waals surface area contributed by atoms with Crippen molar-refractivity contribution in [1.29, 1.82) is 0 Å². The van der Waals surface area contributed by atoms with Crippen molar-refractivity contribution in [2.75, 3.05) is 19.6 Å². The number of carbonyl (C=O) groups is 1. The number of piperidine rings is 1. The molecule has 1 amide bonds. The predicted octanol–water partition coefficient (Wildman–Crippen LogP) is 2.00. The van der Waals surface area contributed by atoms with Crippen molar-refractivity contribution in [2.24, 2.45) is 11.7 Å². The highest BCUT2D eigenvalue weighted by atomic mass is 16.1. The van der Waals surface area contributed by atoms with Gasteiger partial charge in [0.05, 0.1) is 0 Å². The number of primary amides is 1. The van der Waals surface area contributed by atoms with E-state index in [1.54, 1.807) is 0 Å². The first-order chi connectivity index (χ1) is 10.1. The molecule has 4 heteroatoms. The Kier molecular flexibility index (Phi) is 5.76. The van der Waals surface area contributed by atoms with Crippen LogP contribution in [0.1, 0.15) is 42.6 Å². The van der Waals surface area contributed by atoms with Gasteiger partial charge in [-0.2, -0.15) is 0 Å². The van der Waals surface area contributed by atoms with Crippen LogP contribution in [0.5, 0.6) is 0 Å². The standard InChI is InChI=1S/C17H27N3O/c1-13(2)20(11-14-7-9-19-10-8-14)12-15-5-3-4-6-16(15)17(18)21/h3-6,13-14,19H,7-12H2,1-2H3,(H2,18,21). The second-order valence-electron chi connectivity index (χ2n) is 6.24. The Morgan fingerprint density at radius 1 is 1.33 bits per heavy atom. The summed E-state index contributed by atoms with van der Waals surface area (Å²) in [4.78, 5) is 14.0. The Hall–Kier alpha value is -1.39. The van der Waals surface area contributed by atoms with E-state index in [0.717, 1.165) is 37.7 Å². The minimum absolute atomic E-state index is 0.337. The zero-order chi connectivity index (χ0) is 15.2. The van der Waals surface area contributed by atoms with Gasteiger partial charge in [0, 0.05) is 24.7 Å². The summed E-state index contributed by atoms with van der Waals surface area (Å²) in [6.45, 7) is 8.55. The molecule has 1 aliphatic heterocycles. The molecule has 0 unspecified atom stereocenters. The van der Waals surface area contributed by atoms with E-state index >= 15 is 0 Å². The maximum absolute atomic E-state index is 11.6. The molecule has 0 saturated carbocycles. The van der Waals surface area contributed by atoms with E-state index in [9.17, 15) is 4.79 Å². The lowest BCUT2D eigenvalue weighted by Crippen LogP contribution is -2.39. The van der Waals surface area contributed by atoms with Crippen LogP contribution in [0.15, 0.2) is 24.3 Å². The number of amides is 1. The molecule has 0 spiro atoms. The summed E-state index contributed by atoms with van der Waals surface area (Å²) in [5.41, 5.74) is 7.17. The van der Waals surface area contributed by atoms with Gasteiger partial charge in [-0.05, 0) is 57.3 Å². The molecule has 1 saturated heterocycles. The van der Waals surface area contributed by atoms with Crippen LogP contribution in [-0.2, 0) is 6.54 Å². The van der Waals surface area contributed by atoms with Crippen LogP contribution in [0.4, 0.5) is 0 Å². The maximum Gasteiger partial charge on any atom is 0.249 e. The fourth-order valence-electron chi connectivity index (χ4n) is 2.97. The van der Waals surface area contributed by atoms with Gasteiger partial charge in [-0.15, -0.1) is 0 Å². The molecular formula is C17H27N3O. The minimum Gasteiger partial charge on any atom is -0.366 e. The SMILES string of the molecule is CC(C)N(Cc1ccccc1C(N)=O)CC1CCNCC1. The van der Waals surface area contributed by atoms with E-state index < -0.39 is 0 Å². The topological polar surface area (TPSA) is 58.4 Å². The summed E-state index contributed by atoms with van der Waals surface area (Å²) < 4.78 is 0. The van der Waals surface area contributed by atoms with Crippen LogP contribution < -0.4 is 11.1 Å². The quantitative estimate of drug-likeness (QED) is 0.842. The largest absolute Gasteiger partial charge is 0.366 e. The molecule has 0 aromatic heterocycles. The second kappa shape index (κ2) is 7.57. The fourth-order valence-corrected chi connectivity index (χ4v) is 2.97. The van der Waals surface area contributed by atoms with Crippen LogP contribution >= 0.6 is 0 Å². The van der Waals surface area contributed by atoms with Crippen molar-refractivity contribution in [3.63, 3.8) is 0 Å². The van der Waals surface area contributed by atoms with Crippen molar-refractivity contribution < 1.29 is 4.79 Å². The molecule has 0 bridgehead atoms. The Balaban J connectivity index is 2.07. The van der Waals surface area contributed by atoms with Crippen molar-refractivity contribution in [3.05, 3.63) is 35.4 Å². The maximum atomic E-state index is 11.6. The van der Waals surface area contributed by atoms with Gasteiger partial charge < -0.3 is 11.1 Å². The van der Waals surface area contributed by atoms with Gasteiger partial charge in [-0.3, -0.25) is 9.69 Å². The first kappa shape index (κ1) is 16.0. The molecule has 1 aliphatic rings. The number of nitrogens with two attached hydrogens (primary N) is 1. The number of hydrogen-bond donors (Lipinski definition) is 2. The molecule has 21 heavy (non-hydrogen) atoms. The van der Waals surface area contributed by atoms with Gasteiger partial charge in [0.15, 0.2) is 0 Å². The van der Waals surface area contributed by atoms with E-state index in [1.165, 1.54) is 12.8 Å². The number of nitrogens with zero attached hydrogens (tertiary/aromatic N) is 1. The van der Waals surface area contributed by atoms with Crippen molar-refractivity contribution in [1.82, 2.24) is 10.2 Å². The van der Waals surface area contributed by atoms with E-state index in [1.807, 2.05) is 24.3 Å². The molecule has 0 aliphatic carbocycles. The van der Waals surface area contributed by atoms with Gasteiger partial charge >= 0.3 is 0 Å². The summed E-state index contributed by atoms with van der Waals surface area (Å²) in [6, 6.07) is 8.14. The number of benzene rings is 1. The molecule has 0 atom stereocenters. The van der Waals surface area contributed by atoms with Crippen LogP contribution in [0, 0.1) is 5.92 Å². The summed E-state index contributed by atoms with van der Waals surface area (Å²) >= 11 is 0. The second-order valence-corrected chi connectivity index (χ2v) is 6.24. The predicted molar refractivity (Wildman–Crippen MR) is 86.1 cm³/mol. The molecule has 0 radical (unpaired) electrons. The molecule has 1 fully saturated rings. The lowest BCUT2D eigenvalue weighted by molar-refractivity contribution is 0.0996. The number of carbonyl (C=O) groups excluding carboxylic acids is 1. The normalized spacial score (nSPS) is 16.6. The first-order valence-corrected chi connectivity index (χ1v) is 7.90. The summed E-state index contributed by atoms with van der Waals surface area (Å²) in [7, 11) is 0. The average Bonchev–Trinajstić information content (AvgIpc) is 2.48. The number of rotatable bonds is 6. The van der Waals surface area contributed by atoms with Crippen LogP contribution in [-0.4, -0.2) is 36.5 Å². The summed E-state index contributed by atoms with van der Waals surface area (Å²) in [6.07, 6.45) is 2.47. The Morgan fingerprint density at radius 3 is 2.62 bits per heavy atom. The summed E-state index contributed by atoms with van der Waals surface area (Å²) in [5.74, 6) is 0.408. The third kappa shape index (κ3) is 4.55. The molecule has 1 heterocycles. The van der Waals surface area contributed by atoms with Gasteiger partial charge in [-0.1, -0.05) is 18.2 Å². The van der Waals surface area contributed by atoms with E-state index in [-0.39, 0.29) is 5.91 Å². The number of hydrogen-bond acceptors (Lipinski definition) is 3. The van der Waals surface area contributed by atoms with Crippen LogP contribution in [0.3, 0.4) is 0 Å². The summed E-state index contributed by atoms with van der Waals surface area (Å²) in [5, 5.41) is 3.41. The first-order valence-electron chi connectivity index (χ1n) is 7.90. The third-order valence-electron chi connectivity index (χ3n) is 4.34. The van der Waals surface area contributed by atoms with Crippen molar-refractivity contribution >= 4 is 5.91 Å². The lowest BCUT2D eigenvalue weighted by atomic mass is 9.96. The Labute approximate surface area is 127 Å². The Morgan fingerprint density at radius 2 is 2.00 bits per heavy atom. The van der Waals surface area contributed by atoms with E-state index in [0.29, 0.717) is 11.6 Å². The minimum atomic E-state index is -0.337. The van der Waals surface area contributed by atoms with Gasteiger partial charge in [0.25, 0.3) is 0 Å². The molecule has 4 nitrogen and oxygen atoms in total. The monoisotopic (exact) mass is 289 g/mol. The molecule has 1 aromatic rings. The van der Waals surface area contributed by atoms with Crippen molar-refractivity contribution in [2.45, 2.75) is 39.3 Å². The Bertz CT molecular complexity index is 467. The average molecular weight is 289 g/mol. The molecule has 1 aromatic carbocycles. The molecule has 2 rings (SSSR count). The van der Waals surface area contributed by atoms with Gasteiger partial charge in [0.2, 0.25) is 5.91 Å². The molecule has 3 N–H and O–H groups in total. The zero-order valence-electron chi connectivity index (χ0n) is 13.1. The highest BCUT2D eigenvalue weighted by Crippen LogP contribution is 2.19. The highest BCUT2D eigenvalue weighted by Gasteiger charge is 2.20. The zero-order valence-corrected chi connectivity index (χ0v) is 13.1. The van der Waals surface area contributed by atoms with Crippen LogP contribution in [0.2, 0.25) is 0 Å². The van der Waals surface area contributed by atoms with E-state index in [2.05, 4.69) is 24.1 Å². The van der Waals surface area contributed by atoms with E-state index in [4.69, 9.17) is 5.73 Å². The number of nitrogens with one attached hydrogen (secondary N) is 1. The smallest absolute Gasteiger partial charge is 0.249 e. The van der Waals surface area contributed by atoms with Gasteiger partial charge in [-0.25, -0.2) is 0 Å². The molecular weight excluding hydrogens is 262 g/mol. The van der Waals surface area contributed by atoms with Crippen molar-refractivity contribution in [3.8, 4) is 0 Å². The molecule has 116 valence electrons.